The maximum Gasteiger partial charge on any atom is 0.387 e. The molecule has 1 aromatic heterocycles. The molecule has 2 aromatic rings. The molecule has 1 aromatic carbocycles. The van der Waals surface area contributed by atoms with Crippen LogP contribution in [0.1, 0.15) is 29.0 Å². The van der Waals surface area contributed by atoms with Crippen molar-refractivity contribution in [2.75, 3.05) is 6.54 Å². The molecule has 8 heteroatoms. The fourth-order valence-electron chi connectivity index (χ4n) is 1.88. The number of aromatic nitrogens is 2. The monoisotopic (exact) mass is 311 g/mol. The van der Waals surface area contributed by atoms with Crippen molar-refractivity contribution in [2.45, 2.75) is 27.0 Å². The van der Waals surface area contributed by atoms with E-state index in [4.69, 9.17) is 4.52 Å². The van der Waals surface area contributed by atoms with Crippen LogP contribution in [0.4, 0.5) is 8.78 Å². The molecule has 22 heavy (non-hydrogen) atoms. The number of aryl methyl sites for hydroxylation is 1. The molecular formula is C14H15F2N3O3. The van der Waals surface area contributed by atoms with Crippen molar-refractivity contribution < 1.29 is 22.8 Å². The molecule has 0 saturated carbocycles. The summed E-state index contributed by atoms with van der Waals surface area (Å²) in [6, 6.07) is 5.65. The maximum atomic E-state index is 12.4. The van der Waals surface area contributed by atoms with Gasteiger partial charge in [0.25, 0.3) is 5.91 Å². The first kappa shape index (κ1) is 15.9. The van der Waals surface area contributed by atoms with Gasteiger partial charge in [0.15, 0.2) is 5.82 Å². The molecule has 0 fully saturated rings. The summed E-state index contributed by atoms with van der Waals surface area (Å²) in [6.07, 6.45) is 0. The van der Waals surface area contributed by atoms with E-state index in [1.165, 1.54) is 29.2 Å². The fourth-order valence-corrected chi connectivity index (χ4v) is 1.88. The van der Waals surface area contributed by atoms with Crippen LogP contribution in [0, 0.1) is 6.92 Å². The van der Waals surface area contributed by atoms with E-state index in [9.17, 15) is 13.6 Å². The van der Waals surface area contributed by atoms with Gasteiger partial charge in [0.05, 0.1) is 0 Å². The molecule has 0 spiro atoms. The van der Waals surface area contributed by atoms with E-state index in [1.54, 1.807) is 13.8 Å². The lowest BCUT2D eigenvalue weighted by Gasteiger charge is -2.19. The van der Waals surface area contributed by atoms with Gasteiger partial charge in [0.1, 0.15) is 12.3 Å². The Bertz CT molecular complexity index is 646. The van der Waals surface area contributed by atoms with Gasteiger partial charge in [0, 0.05) is 12.1 Å². The van der Waals surface area contributed by atoms with Gasteiger partial charge in [-0.05, 0) is 32.0 Å². The lowest BCUT2D eigenvalue weighted by atomic mass is 10.2. The topological polar surface area (TPSA) is 68.5 Å². The van der Waals surface area contributed by atoms with E-state index < -0.39 is 6.61 Å². The van der Waals surface area contributed by atoms with Gasteiger partial charge >= 0.3 is 6.61 Å². The first-order valence-electron chi connectivity index (χ1n) is 6.63. The summed E-state index contributed by atoms with van der Waals surface area (Å²) in [4.78, 5) is 17.9. The van der Waals surface area contributed by atoms with E-state index in [1.807, 2.05) is 0 Å². The zero-order valence-corrected chi connectivity index (χ0v) is 12.1. The molecule has 118 valence electrons. The molecular weight excluding hydrogens is 296 g/mol. The fraction of sp³-hybridized carbons (Fsp3) is 0.357. The molecule has 0 aliphatic carbocycles. The third-order valence-corrected chi connectivity index (χ3v) is 2.87. The van der Waals surface area contributed by atoms with Crippen LogP contribution in [-0.4, -0.2) is 34.1 Å². The minimum Gasteiger partial charge on any atom is -0.435 e. The number of hydrogen-bond donors (Lipinski definition) is 0. The van der Waals surface area contributed by atoms with Crippen LogP contribution >= 0.6 is 0 Å². The molecule has 6 nitrogen and oxygen atoms in total. The van der Waals surface area contributed by atoms with E-state index in [2.05, 4.69) is 14.9 Å². The van der Waals surface area contributed by atoms with Crippen molar-refractivity contribution in [3.8, 4) is 5.75 Å². The zero-order chi connectivity index (χ0) is 16.1. The third kappa shape index (κ3) is 4.00. The highest BCUT2D eigenvalue weighted by atomic mass is 19.3. The van der Waals surface area contributed by atoms with Crippen molar-refractivity contribution in [3.05, 3.63) is 41.5 Å². The summed E-state index contributed by atoms with van der Waals surface area (Å²) in [7, 11) is 0. The molecule has 0 bridgehead atoms. The molecule has 0 unspecified atom stereocenters. The predicted molar refractivity (Wildman–Crippen MR) is 72.5 cm³/mol. The summed E-state index contributed by atoms with van der Waals surface area (Å²) in [5, 5.41) is 3.66. The number of rotatable bonds is 6. The summed E-state index contributed by atoms with van der Waals surface area (Å²) in [5.74, 6) is 0.391. The van der Waals surface area contributed by atoms with Gasteiger partial charge in [0.2, 0.25) is 5.89 Å². The van der Waals surface area contributed by atoms with Crippen LogP contribution in [-0.2, 0) is 6.54 Å². The number of amides is 1. The Morgan fingerprint density at radius 1 is 1.45 bits per heavy atom. The van der Waals surface area contributed by atoms with Gasteiger partial charge in [-0.25, -0.2) is 0 Å². The van der Waals surface area contributed by atoms with Crippen molar-refractivity contribution >= 4 is 5.91 Å². The lowest BCUT2D eigenvalue weighted by molar-refractivity contribution is -0.0499. The van der Waals surface area contributed by atoms with Gasteiger partial charge < -0.3 is 14.2 Å². The smallest absolute Gasteiger partial charge is 0.387 e. The Morgan fingerprint density at radius 2 is 2.23 bits per heavy atom. The number of benzene rings is 1. The van der Waals surface area contributed by atoms with Crippen LogP contribution in [0.25, 0.3) is 0 Å². The lowest BCUT2D eigenvalue weighted by Crippen LogP contribution is -2.30. The van der Waals surface area contributed by atoms with E-state index in [0.29, 0.717) is 18.3 Å². The number of nitrogens with zero attached hydrogens (tertiary/aromatic N) is 3. The first-order valence-corrected chi connectivity index (χ1v) is 6.63. The SMILES string of the molecule is CCN(Cc1nc(C)no1)C(=O)c1cccc(OC(F)F)c1. The highest BCUT2D eigenvalue weighted by Gasteiger charge is 2.18. The maximum absolute atomic E-state index is 12.4. The van der Waals surface area contributed by atoms with E-state index in [-0.39, 0.29) is 23.8 Å². The first-order chi connectivity index (χ1) is 10.5. The third-order valence-electron chi connectivity index (χ3n) is 2.87. The van der Waals surface area contributed by atoms with Crippen molar-refractivity contribution in [1.82, 2.24) is 15.0 Å². The number of alkyl halides is 2. The summed E-state index contributed by atoms with van der Waals surface area (Å²) in [5.41, 5.74) is 0.247. The average molecular weight is 311 g/mol. The van der Waals surface area contributed by atoms with Crippen LogP contribution in [0.2, 0.25) is 0 Å². The van der Waals surface area contributed by atoms with Crippen molar-refractivity contribution in [2.24, 2.45) is 0 Å². The molecule has 2 rings (SSSR count). The number of halogens is 2. The minimum atomic E-state index is -2.94. The largest absolute Gasteiger partial charge is 0.435 e. The quantitative estimate of drug-likeness (QED) is 0.820. The van der Waals surface area contributed by atoms with Crippen LogP contribution in [0.5, 0.6) is 5.75 Å². The highest BCUT2D eigenvalue weighted by molar-refractivity contribution is 5.94. The number of ether oxygens (including phenoxy) is 1. The molecule has 0 aliphatic heterocycles. The second-order valence-electron chi connectivity index (χ2n) is 4.46. The Morgan fingerprint density at radius 3 is 2.82 bits per heavy atom. The summed E-state index contributed by atoms with van der Waals surface area (Å²) >= 11 is 0. The zero-order valence-electron chi connectivity index (χ0n) is 12.1. The number of carbonyl (C=O) groups excluding carboxylic acids is 1. The van der Waals surface area contributed by atoms with Crippen LogP contribution in [0.15, 0.2) is 28.8 Å². The van der Waals surface area contributed by atoms with Crippen LogP contribution < -0.4 is 4.74 Å². The average Bonchev–Trinajstić information content (AvgIpc) is 2.89. The van der Waals surface area contributed by atoms with Crippen LogP contribution in [0.3, 0.4) is 0 Å². The standard InChI is InChI=1S/C14H15F2N3O3/c1-3-19(8-12-17-9(2)18-22-12)13(20)10-5-4-6-11(7-10)21-14(15)16/h4-7,14H,3,8H2,1-2H3. The van der Waals surface area contributed by atoms with Crippen molar-refractivity contribution in [3.63, 3.8) is 0 Å². The predicted octanol–water partition coefficient (Wildman–Crippen LogP) is 2.64. The summed E-state index contributed by atoms with van der Waals surface area (Å²) < 4.78 is 33.7. The Labute approximate surface area is 125 Å². The molecule has 0 radical (unpaired) electrons. The van der Waals surface area contributed by atoms with E-state index >= 15 is 0 Å². The number of carbonyl (C=O) groups is 1. The normalized spacial score (nSPS) is 10.8. The molecule has 1 amide bonds. The van der Waals surface area contributed by atoms with Gasteiger partial charge in [-0.1, -0.05) is 11.2 Å². The second-order valence-corrected chi connectivity index (χ2v) is 4.46. The minimum absolute atomic E-state index is 0.0643. The Balaban J connectivity index is 2.14. The number of hydrogen-bond acceptors (Lipinski definition) is 5. The van der Waals surface area contributed by atoms with Crippen molar-refractivity contribution in [1.29, 1.82) is 0 Å². The van der Waals surface area contributed by atoms with E-state index in [0.717, 1.165) is 0 Å². The highest BCUT2D eigenvalue weighted by Crippen LogP contribution is 2.18. The Kier molecular flexibility index (Phi) is 5.03. The molecule has 0 N–H and O–H groups in total. The Hall–Kier alpha value is -2.51. The second kappa shape index (κ2) is 6.97. The van der Waals surface area contributed by atoms with Gasteiger partial charge in [-0.3, -0.25) is 4.79 Å². The van der Waals surface area contributed by atoms with Gasteiger partial charge in [-0.2, -0.15) is 13.8 Å². The summed E-state index contributed by atoms with van der Waals surface area (Å²) in [6.45, 7) is 1.08. The molecule has 1 heterocycles. The molecule has 0 aliphatic rings. The molecule has 0 atom stereocenters. The molecule has 0 saturated heterocycles. The van der Waals surface area contributed by atoms with Gasteiger partial charge in [-0.15, -0.1) is 0 Å².